The highest BCUT2D eigenvalue weighted by Gasteiger charge is 2.36. The van der Waals surface area contributed by atoms with Crippen molar-refractivity contribution in [2.75, 3.05) is 20.1 Å². The third kappa shape index (κ3) is 4.68. The Balaban J connectivity index is 3.17. The van der Waals surface area contributed by atoms with Gasteiger partial charge in [-0.3, -0.25) is 0 Å². The van der Waals surface area contributed by atoms with Crippen LogP contribution in [0.15, 0.2) is 18.2 Å². The van der Waals surface area contributed by atoms with E-state index in [2.05, 4.69) is 0 Å². The van der Waals surface area contributed by atoms with Crippen molar-refractivity contribution in [3.05, 3.63) is 34.9 Å². The van der Waals surface area contributed by atoms with Gasteiger partial charge in [-0.1, -0.05) is 0 Å². The highest BCUT2D eigenvalue weighted by atomic mass is 19.4. The van der Waals surface area contributed by atoms with Gasteiger partial charge in [-0.15, -0.1) is 0 Å². The number of benzene rings is 1. The molecule has 1 aromatic carbocycles. The molecule has 0 atom stereocenters. The fraction of sp³-hybridized carbons (Fsp3) is 0.500. The summed E-state index contributed by atoms with van der Waals surface area (Å²) in [5, 5.41) is 0. The lowest BCUT2D eigenvalue weighted by atomic mass is 10.0. The number of rotatable bonds is 4. The van der Waals surface area contributed by atoms with Crippen LogP contribution in [0.5, 0.6) is 0 Å². The summed E-state index contributed by atoms with van der Waals surface area (Å²) in [5.41, 5.74) is 2.62. The summed E-state index contributed by atoms with van der Waals surface area (Å²) in [4.78, 5) is 1.55. The molecule has 114 valence electrons. The second kappa shape index (κ2) is 6.01. The van der Waals surface area contributed by atoms with Crippen LogP contribution in [0.2, 0.25) is 0 Å². The van der Waals surface area contributed by atoms with Gasteiger partial charge in [-0.25, -0.2) is 0 Å². The number of nitrogens with zero attached hydrogens (tertiary/aromatic N) is 1. The van der Waals surface area contributed by atoms with Crippen molar-refractivity contribution in [1.29, 1.82) is 0 Å². The Kier molecular flexibility index (Phi) is 5.04. The Hall–Kier alpha value is -1.28. The minimum Gasteiger partial charge on any atom is -0.329 e. The van der Waals surface area contributed by atoms with Crippen molar-refractivity contribution < 1.29 is 26.3 Å². The average Bonchev–Trinajstić information content (AvgIpc) is 2.26. The maximum atomic E-state index is 12.6. The monoisotopic (exact) mass is 300 g/mol. The number of hydrogen-bond acceptors (Lipinski definition) is 2. The molecule has 0 fully saturated rings. The molecule has 0 aliphatic carbocycles. The molecule has 0 saturated heterocycles. The summed E-state index contributed by atoms with van der Waals surface area (Å²) in [6, 6.07) is 1.57. The van der Waals surface area contributed by atoms with E-state index in [-0.39, 0.29) is 24.7 Å². The molecule has 2 N–H and O–H groups in total. The number of hydrogen-bond donors (Lipinski definition) is 1. The summed E-state index contributed by atoms with van der Waals surface area (Å²) in [6.45, 7) is 0.601. The Labute approximate surface area is 112 Å². The first-order valence-electron chi connectivity index (χ1n) is 5.71. The Bertz CT molecular complexity index is 420. The minimum atomic E-state index is -4.82. The zero-order chi connectivity index (χ0) is 15.6. The third-order valence-corrected chi connectivity index (χ3v) is 2.61. The second-order valence-corrected chi connectivity index (χ2v) is 4.44. The summed E-state index contributed by atoms with van der Waals surface area (Å²) in [5.74, 6) is 0. The van der Waals surface area contributed by atoms with Crippen LogP contribution in [0.1, 0.15) is 16.7 Å². The van der Waals surface area contributed by atoms with Crippen LogP contribution in [0.3, 0.4) is 0 Å². The van der Waals surface area contributed by atoms with Gasteiger partial charge in [-0.2, -0.15) is 26.3 Å². The second-order valence-electron chi connectivity index (χ2n) is 4.44. The molecular weight excluding hydrogens is 286 g/mol. The summed E-state index contributed by atoms with van der Waals surface area (Å²) in [6.07, 6.45) is -9.63. The van der Waals surface area contributed by atoms with E-state index in [1.807, 2.05) is 0 Å². The molecule has 2 nitrogen and oxygen atoms in total. The van der Waals surface area contributed by atoms with Gasteiger partial charge in [-0.05, 0) is 30.8 Å². The van der Waals surface area contributed by atoms with E-state index in [1.54, 1.807) is 11.9 Å². The highest BCUT2D eigenvalue weighted by Crippen LogP contribution is 2.36. The predicted molar refractivity (Wildman–Crippen MR) is 61.8 cm³/mol. The van der Waals surface area contributed by atoms with Gasteiger partial charge in [0.2, 0.25) is 0 Å². The number of alkyl halides is 6. The van der Waals surface area contributed by atoms with Gasteiger partial charge in [0.25, 0.3) is 0 Å². The van der Waals surface area contributed by atoms with Crippen LogP contribution < -0.4 is 5.73 Å². The fourth-order valence-electron chi connectivity index (χ4n) is 1.72. The van der Waals surface area contributed by atoms with Crippen molar-refractivity contribution in [1.82, 2.24) is 4.90 Å². The normalized spacial score (nSPS) is 13.1. The third-order valence-electron chi connectivity index (χ3n) is 2.61. The smallest absolute Gasteiger partial charge is 0.329 e. The zero-order valence-corrected chi connectivity index (χ0v) is 10.6. The maximum Gasteiger partial charge on any atom is 0.416 e. The van der Waals surface area contributed by atoms with Gasteiger partial charge >= 0.3 is 12.4 Å². The van der Waals surface area contributed by atoms with Crippen molar-refractivity contribution in [3.63, 3.8) is 0 Å². The van der Waals surface area contributed by atoms with Crippen LogP contribution in [0.25, 0.3) is 0 Å². The summed E-state index contributed by atoms with van der Waals surface area (Å²) < 4.78 is 75.7. The van der Waals surface area contributed by atoms with Crippen LogP contribution in [0.4, 0.5) is 26.3 Å². The summed E-state index contributed by atoms with van der Waals surface area (Å²) in [7, 11) is 1.57. The molecule has 0 aliphatic rings. The highest BCUT2D eigenvalue weighted by molar-refractivity contribution is 5.33. The Morgan fingerprint density at radius 2 is 1.40 bits per heavy atom. The Morgan fingerprint density at radius 1 is 0.950 bits per heavy atom. The van der Waals surface area contributed by atoms with E-state index >= 15 is 0 Å². The molecule has 0 radical (unpaired) electrons. The molecule has 1 aromatic rings. The van der Waals surface area contributed by atoms with Crippen LogP contribution in [-0.2, 0) is 18.9 Å². The van der Waals surface area contributed by atoms with E-state index in [0.29, 0.717) is 6.54 Å². The van der Waals surface area contributed by atoms with E-state index < -0.39 is 23.5 Å². The summed E-state index contributed by atoms with van der Waals surface area (Å²) >= 11 is 0. The van der Waals surface area contributed by atoms with Crippen molar-refractivity contribution >= 4 is 0 Å². The van der Waals surface area contributed by atoms with E-state index in [1.165, 1.54) is 0 Å². The lowest BCUT2D eigenvalue weighted by Crippen LogP contribution is -2.25. The molecule has 0 aliphatic heterocycles. The topological polar surface area (TPSA) is 29.3 Å². The molecule has 0 spiro atoms. The largest absolute Gasteiger partial charge is 0.416 e. The molecule has 0 heterocycles. The molecule has 0 bridgehead atoms. The average molecular weight is 300 g/mol. The van der Waals surface area contributed by atoms with Crippen molar-refractivity contribution in [2.24, 2.45) is 5.73 Å². The van der Waals surface area contributed by atoms with Crippen molar-refractivity contribution in [2.45, 2.75) is 18.9 Å². The molecule has 0 saturated carbocycles. The predicted octanol–water partition coefficient (Wildman–Crippen LogP) is 3.11. The van der Waals surface area contributed by atoms with Gasteiger partial charge in [0.15, 0.2) is 0 Å². The number of nitrogens with two attached hydrogens (primary N) is 1. The first-order chi connectivity index (χ1) is 9.04. The van der Waals surface area contributed by atoms with Crippen LogP contribution >= 0.6 is 0 Å². The zero-order valence-electron chi connectivity index (χ0n) is 10.6. The first kappa shape index (κ1) is 16.8. The van der Waals surface area contributed by atoms with Gasteiger partial charge in [0.05, 0.1) is 11.1 Å². The SMILES string of the molecule is CN(CCN)Cc1cc(C(F)(F)F)cc(C(F)(F)F)c1. The maximum absolute atomic E-state index is 12.6. The lowest BCUT2D eigenvalue weighted by Gasteiger charge is -2.18. The van der Waals surface area contributed by atoms with Gasteiger partial charge in [0, 0.05) is 19.6 Å². The molecule has 20 heavy (non-hydrogen) atoms. The van der Waals surface area contributed by atoms with Crippen molar-refractivity contribution in [3.8, 4) is 0 Å². The van der Waals surface area contributed by atoms with E-state index in [4.69, 9.17) is 5.73 Å². The quantitative estimate of drug-likeness (QED) is 0.866. The standard InChI is InChI=1S/C12H14F6N2/c1-20(3-2-19)7-8-4-9(11(13,14)15)6-10(5-8)12(16,17)18/h4-6H,2-3,7,19H2,1H3. The lowest BCUT2D eigenvalue weighted by molar-refractivity contribution is -0.143. The van der Waals surface area contributed by atoms with Crippen LogP contribution in [0, 0.1) is 0 Å². The molecular formula is C12H14F6N2. The van der Waals surface area contributed by atoms with Crippen LogP contribution in [-0.4, -0.2) is 25.0 Å². The minimum absolute atomic E-state index is 0.0375. The molecule has 0 unspecified atom stereocenters. The molecule has 1 rings (SSSR count). The first-order valence-corrected chi connectivity index (χ1v) is 5.71. The molecule has 0 amide bonds. The number of likely N-dealkylation sites (N-methyl/N-ethyl adjacent to an activating group) is 1. The number of halogens is 6. The molecule has 0 aromatic heterocycles. The molecule has 8 heteroatoms. The fourth-order valence-corrected chi connectivity index (χ4v) is 1.72. The van der Waals surface area contributed by atoms with E-state index in [9.17, 15) is 26.3 Å². The van der Waals surface area contributed by atoms with E-state index in [0.717, 1.165) is 12.1 Å². The Morgan fingerprint density at radius 3 is 1.75 bits per heavy atom. The van der Waals surface area contributed by atoms with Gasteiger partial charge in [0.1, 0.15) is 0 Å². The van der Waals surface area contributed by atoms with Gasteiger partial charge < -0.3 is 10.6 Å².